The molecule has 4 N–H and O–H groups in total. The molecule has 0 spiro atoms. The standard InChI is InChI=1S/C29H24F2N4O5S2/c1-3-41(36,37)20-7-4-16(5-8-20)21-13-18-12-17(6-10-24(18)35-28(21)32)19-14-22(29(40-2)34-15-19)26-23(30)9-11-25(27(26)31)42(33,38)39/h4-15H,3H2,1-2H3,(H2,32,35)(H2,33,38,39). The van der Waals surface area contributed by atoms with Crippen molar-refractivity contribution in [3.8, 4) is 39.3 Å². The number of nitrogens with zero attached hydrogens (tertiary/aromatic N) is 2. The van der Waals surface area contributed by atoms with E-state index in [0.717, 1.165) is 12.1 Å². The molecule has 13 heteroatoms. The number of rotatable bonds is 7. The third-order valence-electron chi connectivity index (χ3n) is 6.76. The average molecular weight is 611 g/mol. The van der Waals surface area contributed by atoms with Crippen molar-refractivity contribution >= 4 is 36.6 Å². The third kappa shape index (κ3) is 5.29. The van der Waals surface area contributed by atoms with E-state index in [1.54, 1.807) is 43.3 Å². The Kier molecular flexibility index (Phi) is 7.43. The molecule has 9 nitrogen and oxygen atoms in total. The van der Waals surface area contributed by atoms with Gasteiger partial charge in [-0.15, -0.1) is 0 Å². The van der Waals surface area contributed by atoms with E-state index in [2.05, 4.69) is 9.97 Å². The normalized spacial score (nSPS) is 12.0. The number of halogens is 2. The lowest BCUT2D eigenvalue weighted by atomic mass is 9.98. The van der Waals surface area contributed by atoms with E-state index in [1.165, 1.54) is 31.5 Å². The lowest BCUT2D eigenvalue weighted by Crippen LogP contribution is -2.15. The van der Waals surface area contributed by atoms with Gasteiger partial charge in [0.15, 0.2) is 15.7 Å². The predicted octanol–water partition coefficient (Wildman–Crippen LogP) is 4.94. The van der Waals surface area contributed by atoms with Gasteiger partial charge in [-0.2, -0.15) is 0 Å². The number of aromatic nitrogens is 2. The van der Waals surface area contributed by atoms with E-state index in [0.29, 0.717) is 33.2 Å². The Morgan fingerprint density at radius 2 is 1.55 bits per heavy atom. The van der Waals surface area contributed by atoms with Crippen molar-refractivity contribution < 1.29 is 30.4 Å². The molecule has 2 heterocycles. The lowest BCUT2D eigenvalue weighted by molar-refractivity contribution is 0.399. The van der Waals surface area contributed by atoms with E-state index < -0.39 is 42.0 Å². The minimum Gasteiger partial charge on any atom is -0.481 e. The number of pyridine rings is 2. The van der Waals surface area contributed by atoms with Crippen molar-refractivity contribution in [2.45, 2.75) is 16.7 Å². The summed E-state index contributed by atoms with van der Waals surface area (Å²) in [6.07, 6.45) is 1.45. The molecule has 216 valence electrons. The molecule has 0 atom stereocenters. The monoisotopic (exact) mass is 610 g/mol. The van der Waals surface area contributed by atoms with Crippen LogP contribution in [0.4, 0.5) is 14.6 Å². The summed E-state index contributed by atoms with van der Waals surface area (Å²) >= 11 is 0. The molecule has 3 aromatic carbocycles. The van der Waals surface area contributed by atoms with Gasteiger partial charge in [0.2, 0.25) is 15.9 Å². The maximum absolute atomic E-state index is 15.3. The summed E-state index contributed by atoms with van der Waals surface area (Å²) in [6, 6.07) is 16.4. The maximum Gasteiger partial charge on any atom is 0.240 e. The SMILES string of the molecule is CCS(=O)(=O)c1ccc(-c2cc3cc(-c4cnc(OC)c(-c5c(F)ccc(S(N)(=O)=O)c5F)c4)ccc3nc2N)cc1. The topological polar surface area (TPSA) is 155 Å². The van der Waals surface area contributed by atoms with Crippen molar-refractivity contribution in [1.82, 2.24) is 9.97 Å². The molecule has 5 rings (SSSR count). The Morgan fingerprint density at radius 3 is 2.19 bits per heavy atom. The van der Waals surface area contributed by atoms with Gasteiger partial charge in [-0.05, 0) is 59.7 Å². The van der Waals surface area contributed by atoms with Crippen LogP contribution < -0.4 is 15.6 Å². The van der Waals surface area contributed by atoms with Gasteiger partial charge >= 0.3 is 0 Å². The highest BCUT2D eigenvalue weighted by atomic mass is 32.2. The number of sulfonamides is 1. The van der Waals surface area contributed by atoms with Crippen LogP contribution in [0, 0.1) is 11.6 Å². The first-order chi connectivity index (χ1) is 19.8. The fraction of sp³-hybridized carbons (Fsp3) is 0.103. The molecule has 0 radical (unpaired) electrons. The summed E-state index contributed by atoms with van der Waals surface area (Å²) in [7, 11) is -6.58. The van der Waals surface area contributed by atoms with Gasteiger partial charge in [-0.3, -0.25) is 0 Å². The van der Waals surface area contributed by atoms with Crippen LogP contribution in [0.25, 0.3) is 44.3 Å². The highest BCUT2D eigenvalue weighted by Crippen LogP contribution is 2.38. The molecule has 0 aliphatic carbocycles. The Labute approximate surface area is 240 Å². The van der Waals surface area contributed by atoms with Crippen LogP contribution in [0.2, 0.25) is 0 Å². The molecule has 0 bridgehead atoms. The fourth-order valence-corrected chi connectivity index (χ4v) is 6.06. The Morgan fingerprint density at radius 1 is 0.857 bits per heavy atom. The molecule has 0 aliphatic heterocycles. The van der Waals surface area contributed by atoms with E-state index in [-0.39, 0.29) is 27.9 Å². The zero-order valence-electron chi connectivity index (χ0n) is 22.3. The Balaban J connectivity index is 1.63. The highest BCUT2D eigenvalue weighted by Gasteiger charge is 2.25. The molecule has 0 saturated carbocycles. The Hall–Kier alpha value is -4.46. The number of ether oxygens (including phenoxy) is 1. The molecule has 0 fully saturated rings. The highest BCUT2D eigenvalue weighted by molar-refractivity contribution is 7.91. The largest absolute Gasteiger partial charge is 0.481 e. The molecule has 42 heavy (non-hydrogen) atoms. The second-order valence-electron chi connectivity index (χ2n) is 9.32. The zero-order valence-corrected chi connectivity index (χ0v) is 23.9. The first-order valence-electron chi connectivity index (χ1n) is 12.4. The summed E-state index contributed by atoms with van der Waals surface area (Å²) in [4.78, 5) is 8.01. The fourth-order valence-electron chi connectivity index (χ4n) is 4.56. The van der Waals surface area contributed by atoms with Gasteiger partial charge in [0.25, 0.3) is 0 Å². The quantitative estimate of drug-likeness (QED) is 0.263. The summed E-state index contributed by atoms with van der Waals surface area (Å²) in [5, 5.41) is 5.79. The number of benzene rings is 3. The molecule has 0 unspecified atom stereocenters. The first-order valence-corrected chi connectivity index (χ1v) is 15.6. The van der Waals surface area contributed by atoms with Gasteiger partial charge in [0.05, 0.1) is 34.4 Å². The zero-order chi connectivity index (χ0) is 30.4. The third-order valence-corrected chi connectivity index (χ3v) is 9.44. The number of methoxy groups -OCH3 is 1. The second kappa shape index (κ2) is 10.7. The maximum atomic E-state index is 15.3. The minimum absolute atomic E-state index is 0.0203. The molecule has 0 aliphatic rings. The predicted molar refractivity (Wildman–Crippen MR) is 156 cm³/mol. The van der Waals surface area contributed by atoms with E-state index >= 15 is 4.39 Å². The molecular formula is C29H24F2N4O5S2. The van der Waals surface area contributed by atoms with E-state index in [9.17, 15) is 21.2 Å². The van der Waals surface area contributed by atoms with Crippen molar-refractivity contribution in [1.29, 1.82) is 0 Å². The number of hydrogen-bond donors (Lipinski definition) is 2. The smallest absolute Gasteiger partial charge is 0.240 e. The first kappa shape index (κ1) is 29.0. The Bertz CT molecular complexity index is 2090. The summed E-state index contributed by atoms with van der Waals surface area (Å²) in [6.45, 7) is 1.57. The van der Waals surface area contributed by atoms with Crippen molar-refractivity contribution in [3.05, 3.63) is 84.6 Å². The van der Waals surface area contributed by atoms with Crippen LogP contribution in [-0.2, 0) is 19.9 Å². The number of hydrogen-bond acceptors (Lipinski definition) is 8. The van der Waals surface area contributed by atoms with Crippen molar-refractivity contribution in [2.24, 2.45) is 5.14 Å². The van der Waals surface area contributed by atoms with Gasteiger partial charge < -0.3 is 10.5 Å². The number of primary sulfonamides is 1. The van der Waals surface area contributed by atoms with Crippen molar-refractivity contribution in [3.63, 3.8) is 0 Å². The molecule has 2 aromatic heterocycles. The van der Waals surface area contributed by atoms with Gasteiger partial charge in [-0.25, -0.2) is 40.7 Å². The summed E-state index contributed by atoms with van der Waals surface area (Å²) in [5.41, 5.74) is 8.32. The summed E-state index contributed by atoms with van der Waals surface area (Å²) < 4.78 is 83.5. The number of fused-ring (bicyclic) bond motifs is 1. The number of anilines is 1. The van der Waals surface area contributed by atoms with Gasteiger partial charge in [0.1, 0.15) is 16.5 Å². The average Bonchev–Trinajstić information content (AvgIpc) is 2.96. The molecule has 0 saturated heterocycles. The van der Waals surface area contributed by atoms with Crippen LogP contribution in [0.3, 0.4) is 0 Å². The van der Waals surface area contributed by atoms with Crippen LogP contribution in [0.1, 0.15) is 6.92 Å². The number of sulfone groups is 1. The molecule has 0 amide bonds. The second-order valence-corrected chi connectivity index (χ2v) is 13.1. The van der Waals surface area contributed by atoms with Crippen LogP contribution in [-0.4, -0.2) is 39.7 Å². The van der Waals surface area contributed by atoms with Gasteiger partial charge in [0, 0.05) is 22.7 Å². The van der Waals surface area contributed by atoms with Gasteiger partial charge in [-0.1, -0.05) is 25.1 Å². The molecule has 5 aromatic rings. The minimum atomic E-state index is -4.48. The van der Waals surface area contributed by atoms with Crippen LogP contribution in [0.15, 0.2) is 82.7 Å². The molecular weight excluding hydrogens is 586 g/mol. The number of nitrogens with two attached hydrogens (primary N) is 2. The van der Waals surface area contributed by atoms with E-state index in [4.69, 9.17) is 15.6 Å². The number of nitrogen functional groups attached to an aromatic ring is 1. The van der Waals surface area contributed by atoms with Crippen molar-refractivity contribution in [2.75, 3.05) is 18.6 Å². The van der Waals surface area contributed by atoms with Crippen LogP contribution >= 0.6 is 0 Å². The lowest BCUT2D eigenvalue weighted by Gasteiger charge is -2.14. The van der Waals surface area contributed by atoms with E-state index in [1.807, 2.05) is 0 Å². The van der Waals surface area contributed by atoms with Crippen LogP contribution in [0.5, 0.6) is 5.88 Å². The summed E-state index contributed by atoms with van der Waals surface area (Å²) in [5.74, 6) is -2.30.